The highest BCUT2D eigenvalue weighted by molar-refractivity contribution is 5.62. The highest BCUT2D eigenvalue weighted by atomic mass is 15.1. The summed E-state index contributed by atoms with van der Waals surface area (Å²) in [6.07, 6.45) is 3.31. The Bertz CT molecular complexity index is 632. The lowest BCUT2D eigenvalue weighted by atomic mass is 10.1. The van der Waals surface area contributed by atoms with E-state index in [-0.39, 0.29) is 0 Å². The predicted octanol–water partition coefficient (Wildman–Crippen LogP) is 3.07. The Kier molecular flexibility index (Phi) is 2.64. The Balaban J connectivity index is 2.22. The van der Waals surface area contributed by atoms with Crippen molar-refractivity contribution in [2.45, 2.75) is 32.7 Å². The largest absolute Gasteiger partial charge is 0.327 e. The standard InChI is InChI=1S/C15H15N3/c1-11-6-2-3-7-12(11)15-17-13(10-16)14-8-4-5-9-18(14)15/h2-3,6-7H,4-5,8-9H2,1H3. The van der Waals surface area contributed by atoms with Crippen molar-refractivity contribution >= 4 is 0 Å². The first-order valence-corrected chi connectivity index (χ1v) is 6.37. The maximum Gasteiger partial charge on any atom is 0.162 e. The first-order valence-electron chi connectivity index (χ1n) is 6.37. The zero-order chi connectivity index (χ0) is 12.5. The second-order valence-electron chi connectivity index (χ2n) is 4.77. The van der Waals surface area contributed by atoms with E-state index in [1.54, 1.807) is 0 Å². The minimum atomic E-state index is 0.605. The molecule has 0 N–H and O–H groups in total. The van der Waals surface area contributed by atoms with Crippen LogP contribution in [0.3, 0.4) is 0 Å². The molecule has 1 aromatic carbocycles. The minimum absolute atomic E-state index is 0.605. The van der Waals surface area contributed by atoms with Crippen LogP contribution in [-0.4, -0.2) is 9.55 Å². The average molecular weight is 237 g/mol. The Morgan fingerprint density at radius 3 is 2.89 bits per heavy atom. The summed E-state index contributed by atoms with van der Waals surface area (Å²) in [6.45, 7) is 3.07. The van der Waals surface area contributed by atoms with E-state index < -0.39 is 0 Å². The van der Waals surface area contributed by atoms with Crippen molar-refractivity contribution in [2.75, 3.05) is 0 Å². The maximum absolute atomic E-state index is 9.20. The molecule has 0 saturated heterocycles. The predicted molar refractivity (Wildman–Crippen MR) is 70.1 cm³/mol. The van der Waals surface area contributed by atoms with Gasteiger partial charge in [0.05, 0.1) is 5.69 Å². The van der Waals surface area contributed by atoms with E-state index in [1.165, 1.54) is 12.0 Å². The molecule has 3 nitrogen and oxygen atoms in total. The number of fused-ring (bicyclic) bond motifs is 1. The molecule has 0 atom stereocenters. The molecule has 0 radical (unpaired) electrons. The molecule has 3 rings (SSSR count). The molecule has 0 fully saturated rings. The highest BCUT2D eigenvalue weighted by Gasteiger charge is 2.21. The normalized spacial score (nSPS) is 14.0. The molecule has 0 bridgehead atoms. The van der Waals surface area contributed by atoms with Crippen LogP contribution in [0.5, 0.6) is 0 Å². The summed E-state index contributed by atoms with van der Waals surface area (Å²) in [4.78, 5) is 4.54. The van der Waals surface area contributed by atoms with Crippen LogP contribution in [0.2, 0.25) is 0 Å². The molecule has 0 aliphatic carbocycles. The van der Waals surface area contributed by atoms with Crippen LogP contribution in [0.25, 0.3) is 11.4 Å². The average Bonchev–Trinajstić information content (AvgIpc) is 2.78. The molecule has 1 aromatic heterocycles. The summed E-state index contributed by atoms with van der Waals surface area (Å²) < 4.78 is 2.23. The van der Waals surface area contributed by atoms with Crippen molar-refractivity contribution in [1.82, 2.24) is 9.55 Å². The third-order valence-corrected chi connectivity index (χ3v) is 3.61. The molecule has 2 heterocycles. The van der Waals surface area contributed by atoms with Crippen LogP contribution in [-0.2, 0) is 13.0 Å². The highest BCUT2D eigenvalue weighted by Crippen LogP contribution is 2.28. The molecular weight excluding hydrogens is 222 g/mol. The fraction of sp³-hybridized carbons (Fsp3) is 0.333. The smallest absolute Gasteiger partial charge is 0.162 e. The molecule has 2 aromatic rings. The first-order chi connectivity index (χ1) is 8.81. The van der Waals surface area contributed by atoms with Crippen molar-refractivity contribution in [3.63, 3.8) is 0 Å². The Hall–Kier alpha value is -2.08. The molecule has 3 heteroatoms. The summed E-state index contributed by atoms with van der Waals surface area (Å²) >= 11 is 0. The fourth-order valence-corrected chi connectivity index (χ4v) is 2.66. The summed E-state index contributed by atoms with van der Waals surface area (Å²) in [5.74, 6) is 0.958. The summed E-state index contributed by atoms with van der Waals surface area (Å²) in [5, 5.41) is 9.20. The van der Waals surface area contributed by atoms with Crippen LogP contribution >= 0.6 is 0 Å². The third kappa shape index (κ3) is 1.62. The van der Waals surface area contributed by atoms with Gasteiger partial charge in [0, 0.05) is 12.1 Å². The summed E-state index contributed by atoms with van der Waals surface area (Å²) in [5.41, 5.74) is 4.07. The quantitative estimate of drug-likeness (QED) is 0.764. The SMILES string of the molecule is Cc1ccccc1-c1nc(C#N)c2n1CCCC2. The minimum Gasteiger partial charge on any atom is -0.327 e. The van der Waals surface area contributed by atoms with E-state index in [1.807, 2.05) is 12.1 Å². The lowest BCUT2D eigenvalue weighted by molar-refractivity contribution is 0.535. The molecule has 1 aliphatic heterocycles. The fourth-order valence-electron chi connectivity index (χ4n) is 2.66. The monoisotopic (exact) mass is 237 g/mol. The molecular formula is C15H15N3. The number of hydrogen-bond acceptors (Lipinski definition) is 2. The van der Waals surface area contributed by atoms with Gasteiger partial charge in [-0.15, -0.1) is 0 Å². The number of rotatable bonds is 1. The Morgan fingerprint density at radius 1 is 1.28 bits per heavy atom. The second kappa shape index (κ2) is 4.30. The van der Waals surface area contributed by atoms with E-state index in [2.05, 4.69) is 34.7 Å². The Morgan fingerprint density at radius 2 is 2.11 bits per heavy atom. The van der Waals surface area contributed by atoms with Crippen LogP contribution in [0.4, 0.5) is 0 Å². The van der Waals surface area contributed by atoms with Gasteiger partial charge in [-0.2, -0.15) is 5.26 Å². The number of benzene rings is 1. The van der Waals surface area contributed by atoms with E-state index in [0.29, 0.717) is 5.69 Å². The van der Waals surface area contributed by atoms with Gasteiger partial charge >= 0.3 is 0 Å². The van der Waals surface area contributed by atoms with Gasteiger partial charge in [-0.05, 0) is 31.7 Å². The van der Waals surface area contributed by atoms with Crippen molar-refractivity contribution in [2.24, 2.45) is 0 Å². The third-order valence-electron chi connectivity index (χ3n) is 3.61. The van der Waals surface area contributed by atoms with Crippen molar-refractivity contribution in [3.05, 3.63) is 41.2 Å². The van der Waals surface area contributed by atoms with E-state index in [0.717, 1.165) is 36.5 Å². The molecule has 0 amide bonds. The van der Waals surface area contributed by atoms with Crippen LogP contribution in [0.15, 0.2) is 24.3 Å². The number of nitrogens with zero attached hydrogens (tertiary/aromatic N) is 3. The van der Waals surface area contributed by atoms with E-state index in [4.69, 9.17) is 0 Å². The number of aryl methyl sites for hydroxylation is 1. The van der Waals surface area contributed by atoms with Crippen molar-refractivity contribution < 1.29 is 0 Å². The number of imidazole rings is 1. The van der Waals surface area contributed by atoms with Gasteiger partial charge in [0.1, 0.15) is 11.9 Å². The van der Waals surface area contributed by atoms with Gasteiger partial charge in [-0.3, -0.25) is 0 Å². The maximum atomic E-state index is 9.20. The number of aromatic nitrogens is 2. The zero-order valence-electron chi connectivity index (χ0n) is 10.5. The second-order valence-corrected chi connectivity index (χ2v) is 4.77. The van der Waals surface area contributed by atoms with E-state index in [9.17, 15) is 5.26 Å². The lowest BCUT2D eigenvalue weighted by Gasteiger charge is -2.17. The number of hydrogen-bond donors (Lipinski definition) is 0. The van der Waals surface area contributed by atoms with Gasteiger partial charge in [-0.25, -0.2) is 4.98 Å². The summed E-state index contributed by atoms with van der Waals surface area (Å²) in [7, 11) is 0. The topological polar surface area (TPSA) is 41.6 Å². The van der Waals surface area contributed by atoms with Gasteiger partial charge in [0.25, 0.3) is 0 Å². The Labute approximate surface area is 107 Å². The molecule has 0 unspecified atom stereocenters. The summed E-state index contributed by atoms with van der Waals surface area (Å²) in [6, 6.07) is 10.5. The molecule has 18 heavy (non-hydrogen) atoms. The molecule has 1 aliphatic rings. The van der Waals surface area contributed by atoms with Gasteiger partial charge in [-0.1, -0.05) is 24.3 Å². The first kappa shape index (κ1) is 11.0. The van der Waals surface area contributed by atoms with Gasteiger partial charge in [0.2, 0.25) is 0 Å². The van der Waals surface area contributed by atoms with E-state index >= 15 is 0 Å². The van der Waals surface area contributed by atoms with Gasteiger partial charge < -0.3 is 4.57 Å². The van der Waals surface area contributed by atoms with Crippen LogP contribution in [0.1, 0.15) is 29.8 Å². The zero-order valence-corrected chi connectivity index (χ0v) is 10.5. The molecule has 0 spiro atoms. The number of nitriles is 1. The lowest BCUT2D eigenvalue weighted by Crippen LogP contribution is -2.11. The van der Waals surface area contributed by atoms with Crippen molar-refractivity contribution in [3.8, 4) is 17.5 Å². The van der Waals surface area contributed by atoms with Crippen LogP contribution < -0.4 is 0 Å². The van der Waals surface area contributed by atoms with Gasteiger partial charge in [0.15, 0.2) is 5.69 Å². The van der Waals surface area contributed by atoms with Crippen LogP contribution in [0, 0.1) is 18.3 Å². The molecule has 90 valence electrons. The molecule has 0 saturated carbocycles. The van der Waals surface area contributed by atoms with Crippen molar-refractivity contribution in [1.29, 1.82) is 5.26 Å².